The lowest BCUT2D eigenvalue weighted by Gasteiger charge is -1.98. The van der Waals surface area contributed by atoms with Crippen LogP contribution in [0.25, 0.3) is 0 Å². The predicted octanol–water partition coefficient (Wildman–Crippen LogP) is 1.65. The highest BCUT2D eigenvalue weighted by molar-refractivity contribution is 5.94. The molecule has 11 heavy (non-hydrogen) atoms. The minimum atomic E-state index is 0.251. The van der Waals surface area contributed by atoms with Gasteiger partial charge in [0.1, 0.15) is 0 Å². The molecule has 0 fully saturated rings. The Balaban J connectivity index is 3.53. The number of hydrogen-bond acceptors (Lipinski definition) is 2. The maximum atomic E-state index is 11.1. The number of Topliss-reactive ketones (excluding diaryl/α,β-unsaturated/α-hetero) is 1. The Bertz CT molecular complexity index is 150. The van der Waals surface area contributed by atoms with Crippen LogP contribution in [0.4, 0.5) is 0 Å². The van der Waals surface area contributed by atoms with Crippen LogP contribution in [0, 0.1) is 0 Å². The van der Waals surface area contributed by atoms with E-state index in [0.717, 1.165) is 18.4 Å². The topological polar surface area (TPSA) is 43.1 Å². The molecule has 64 valence electrons. The molecule has 0 aliphatic rings. The Morgan fingerprint density at radius 1 is 1.45 bits per heavy atom. The van der Waals surface area contributed by atoms with Crippen molar-refractivity contribution in [3.05, 3.63) is 11.6 Å². The lowest BCUT2D eigenvalue weighted by atomic mass is 10.1. The van der Waals surface area contributed by atoms with Crippen molar-refractivity contribution in [2.75, 3.05) is 6.54 Å². The van der Waals surface area contributed by atoms with Gasteiger partial charge >= 0.3 is 0 Å². The Morgan fingerprint density at radius 3 is 2.55 bits per heavy atom. The Morgan fingerprint density at radius 2 is 2.09 bits per heavy atom. The molecule has 0 aromatic carbocycles. The number of carbonyl (C=O) groups excluding carboxylic acids is 1. The molecule has 0 saturated heterocycles. The summed E-state index contributed by atoms with van der Waals surface area (Å²) in [6.45, 7) is 4.42. The van der Waals surface area contributed by atoms with Gasteiger partial charge in [-0.25, -0.2) is 0 Å². The average molecular weight is 155 g/mol. The lowest BCUT2D eigenvalue weighted by molar-refractivity contribution is -0.115. The van der Waals surface area contributed by atoms with Crippen LogP contribution >= 0.6 is 0 Å². The molecular formula is C9H17NO. The van der Waals surface area contributed by atoms with E-state index in [1.165, 1.54) is 0 Å². The van der Waals surface area contributed by atoms with Crippen LogP contribution in [0.5, 0.6) is 0 Å². The van der Waals surface area contributed by atoms with Crippen LogP contribution in [0.3, 0.4) is 0 Å². The molecule has 0 aliphatic carbocycles. The molecular weight excluding hydrogens is 138 g/mol. The zero-order valence-electron chi connectivity index (χ0n) is 7.39. The van der Waals surface area contributed by atoms with Crippen molar-refractivity contribution < 1.29 is 4.79 Å². The van der Waals surface area contributed by atoms with E-state index in [9.17, 15) is 4.79 Å². The molecule has 0 aromatic heterocycles. The number of rotatable bonds is 5. The van der Waals surface area contributed by atoms with Crippen molar-refractivity contribution in [1.29, 1.82) is 0 Å². The summed E-state index contributed by atoms with van der Waals surface area (Å²) in [6, 6.07) is 0. The molecule has 0 rings (SSSR count). The minimum Gasteiger partial charge on any atom is -0.330 e. The van der Waals surface area contributed by atoms with Crippen LogP contribution in [0.1, 0.15) is 33.1 Å². The summed E-state index contributed by atoms with van der Waals surface area (Å²) in [5.74, 6) is 0.251. The van der Waals surface area contributed by atoms with E-state index in [1.54, 1.807) is 0 Å². The van der Waals surface area contributed by atoms with E-state index >= 15 is 0 Å². The summed E-state index contributed by atoms with van der Waals surface area (Å²) in [5, 5.41) is 0. The number of allylic oxidation sites excluding steroid dienone is 2. The molecule has 0 aliphatic heterocycles. The summed E-state index contributed by atoms with van der Waals surface area (Å²) in [5.41, 5.74) is 6.16. The highest BCUT2D eigenvalue weighted by Crippen LogP contribution is 2.02. The van der Waals surface area contributed by atoms with Gasteiger partial charge in [-0.05, 0) is 38.8 Å². The Labute approximate surface area is 68.5 Å². The normalized spacial score (nSPS) is 11.7. The molecule has 2 N–H and O–H groups in total. The van der Waals surface area contributed by atoms with Crippen LogP contribution in [0.15, 0.2) is 11.6 Å². The van der Waals surface area contributed by atoms with Crippen molar-refractivity contribution in [3.63, 3.8) is 0 Å². The summed E-state index contributed by atoms with van der Waals surface area (Å²) in [7, 11) is 0. The van der Waals surface area contributed by atoms with Crippen molar-refractivity contribution in [2.24, 2.45) is 5.73 Å². The lowest BCUT2D eigenvalue weighted by Crippen LogP contribution is -2.02. The highest BCUT2D eigenvalue weighted by Gasteiger charge is 2.01. The number of nitrogens with two attached hydrogens (primary N) is 1. The second kappa shape index (κ2) is 6.10. The fourth-order valence-electron chi connectivity index (χ4n) is 0.788. The first-order chi connectivity index (χ1) is 5.22. The second-order valence-electron chi connectivity index (χ2n) is 2.64. The van der Waals surface area contributed by atoms with Gasteiger partial charge in [0.15, 0.2) is 5.78 Å². The highest BCUT2D eigenvalue weighted by atomic mass is 16.1. The third kappa shape index (κ3) is 4.73. The average Bonchev–Trinajstić information content (AvgIpc) is 2.03. The van der Waals surface area contributed by atoms with Crippen molar-refractivity contribution in [2.45, 2.75) is 33.1 Å². The van der Waals surface area contributed by atoms with Crippen molar-refractivity contribution in [1.82, 2.24) is 0 Å². The Kier molecular flexibility index (Phi) is 5.75. The van der Waals surface area contributed by atoms with Gasteiger partial charge in [0.05, 0.1) is 0 Å². The molecule has 2 heteroatoms. The number of hydrogen-bond donors (Lipinski definition) is 1. The first-order valence-corrected chi connectivity index (χ1v) is 4.08. The second-order valence-corrected chi connectivity index (χ2v) is 2.64. The number of unbranched alkanes of at least 4 members (excludes halogenated alkanes) is 1. The first-order valence-electron chi connectivity index (χ1n) is 4.08. The van der Waals surface area contributed by atoms with Crippen LogP contribution < -0.4 is 5.73 Å². The van der Waals surface area contributed by atoms with E-state index in [2.05, 4.69) is 0 Å². The van der Waals surface area contributed by atoms with Gasteiger partial charge in [-0.1, -0.05) is 6.08 Å². The molecule has 0 aromatic rings. The van der Waals surface area contributed by atoms with Gasteiger partial charge in [0.2, 0.25) is 0 Å². The first kappa shape index (κ1) is 10.4. The molecule has 0 atom stereocenters. The summed E-state index contributed by atoms with van der Waals surface area (Å²) in [6.07, 6.45) is 4.36. The number of carbonyl (C=O) groups is 1. The fraction of sp³-hybridized carbons (Fsp3) is 0.667. The van der Waals surface area contributed by atoms with Gasteiger partial charge < -0.3 is 5.73 Å². The summed E-state index contributed by atoms with van der Waals surface area (Å²) < 4.78 is 0. The van der Waals surface area contributed by atoms with Gasteiger partial charge in [-0.15, -0.1) is 0 Å². The smallest absolute Gasteiger partial charge is 0.158 e. The maximum absolute atomic E-state index is 11.1. The molecule has 0 heterocycles. The maximum Gasteiger partial charge on any atom is 0.158 e. The fourth-order valence-corrected chi connectivity index (χ4v) is 0.788. The standard InChI is InChI=1S/C9H17NO/c1-3-8(2)9(11)6-4-5-7-10/h3H,4-7,10H2,1-2H3/b8-3+. The van der Waals surface area contributed by atoms with Crippen LogP contribution in [-0.2, 0) is 4.79 Å². The van der Waals surface area contributed by atoms with E-state index in [0.29, 0.717) is 13.0 Å². The largest absolute Gasteiger partial charge is 0.330 e. The molecule has 2 nitrogen and oxygen atoms in total. The third-order valence-corrected chi connectivity index (χ3v) is 1.73. The van der Waals surface area contributed by atoms with E-state index in [4.69, 9.17) is 5.73 Å². The molecule has 0 unspecified atom stereocenters. The minimum absolute atomic E-state index is 0.251. The van der Waals surface area contributed by atoms with Crippen LogP contribution in [-0.4, -0.2) is 12.3 Å². The van der Waals surface area contributed by atoms with Crippen molar-refractivity contribution >= 4 is 5.78 Å². The molecule has 0 bridgehead atoms. The molecule has 0 saturated carbocycles. The van der Waals surface area contributed by atoms with E-state index < -0.39 is 0 Å². The molecule has 0 amide bonds. The SMILES string of the molecule is C/C=C(\C)C(=O)CCCCN. The zero-order chi connectivity index (χ0) is 8.69. The van der Waals surface area contributed by atoms with Gasteiger partial charge in [0.25, 0.3) is 0 Å². The number of ketones is 1. The van der Waals surface area contributed by atoms with E-state index in [-0.39, 0.29) is 5.78 Å². The van der Waals surface area contributed by atoms with E-state index in [1.807, 2.05) is 19.9 Å². The summed E-state index contributed by atoms with van der Waals surface area (Å²) >= 11 is 0. The monoisotopic (exact) mass is 155 g/mol. The predicted molar refractivity (Wildman–Crippen MR) is 47.3 cm³/mol. The Hall–Kier alpha value is -0.630. The molecule has 0 radical (unpaired) electrons. The van der Waals surface area contributed by atoms with Gasteiger partial charge in [-0.3, -0.25) is 4.79 Å². The van der Waals surface area contributed by atoms with Gasteiger partial charge in [-0.2, -0.15) is 0 Å². The quantitative estimate of drug-likeness (QED) is 0.484. The summed E-state index contributed by atoms with van der Waals surface area (Å²) in [4.78, 5) is 11.1. The van der Waals surface area contributed by atoms with Crippen LogP contribution in [0.2, 0.25) is 0 Å². The third-order valence-electron chi connectivity index (χ3n) is 1.73. The zero-order valence-corrected chi connectivity index (χ0v) is 7.39. The van der Waals surface area contributed by atoms with Gasteiger partial charge in [0, 0.05) is 6.42 Å². The molecule has 0 spiro atoms. The van der Waals surface area contributed by atoms with Crippen molar-refractivity contribution in [3.8, 4) is 0 Å².